The van der Waals surface area contributed by atoms with Crippen molar-refractivity contribution in [1.29, 1.82) is 0 Å². The Labute approximate surface area is 249 Å². The Hall–Kier alpha value is -2.86. The summed E-state index contributed by atoms with van der Waals surface area (Å²) < 4.78 is 5.00. The van der Waals surface area contributed by atoms with Crippen LogP contribution in [0.5, 0.6) is 0 Å². The summed E-state index contributed by atoms with van der Waals surface area (Å²) in [6.45, 7) is 2.89. The zero-order chi connectivity index (χ0) is 31.9. The maximum atomic E-state index is 12.5. The highest BCUT2D eigenvalue weighted by molar-refractivity contribution is 5.89. The van der Waals surface area contributed by atoms with Crippen LogP contribution in [-0.2, 0) is 33.5 Å². The molecule has 0 saturated heterocycles. The summed E-state index contributed by atoms with van der Waals surface area (Å²) in [5, 5.41) is 29.9. The van der Waals surface area contributed by atoms with Crippen molar-refractivity contribution in [3.63, 3.8) is 0 Å². The van der Waals surface area contributed by atoms with Crippen molar-refractivity contribution in [3.8, 4) is 0 Å². The highest BCUT2D eigenvalue weighted by Gasteiger charge is 2.27. The van der Waals surface area contributed by atoms with E-state index in [0.717, 1.165) is 25.7 Å². The number of unbranched alkanes of at least 4 members (excludes halogenated alkanes) is 10. The number of carbonyl (C=O) groups excluding carboxylic acids is 3. The Morgan fingerprint density at radius 1 is 0.690 bits per heavy atom. The third-order valence-corrected chi connectivity index (χ3v) is 7.12. The van der Waals surface area contributed by atoms with Gasteiger partial charge in [-0.3, -0.25) is 24.0 Å². The number of amides is 1. The summed E-state index contributed by atoms with van der Waals surface area (Å²) in [6.07, 6.45) is 12.2. The molecule has 0 aromatic rings. The van der Waals surface area contributed by atoms with Gasteiger partial charge in [-0.1, -0.05) is 78.1 Å². The number of rotatable bonds is 28. The molecule has 12 heteroatoms. The van der Waals surface area contributed by atoms with Gasteiger partial charge in [0.2, 0.25) is 5.91 Å². The summed E-state index contributed by atoms with van der Waals surface area (Å²) in [4.78, 5) is 70.9. The summed E-state index contributed by atoms with van der Waals surface area (Å²) >= 11 is 0. The van der Waals surface area contributed by atoms with Gasteiger partial charge in [0.25, 0.3) is 0 Å². The lowest BCUT2D eigenvalue weighted by Gasteiger charge is -2.18. The van der Waals surface area contributed by atoms with Gasteiger partial charge >= 0.3 is 17.9 Å². The monoisotopic (exact) mass is 600 g/mol. The number of carboxylic acid groups (broad SMARTS) is 3. The minimum Gasteiger partial charge on any atom is -0.481 e. The van der Waals surface area contributed by atoms with Crippen LogP contribution in [0, 0.1) is 11.8 Å². The Bertz CT molecular complexity index is 848. The molecule has 0 saturated carbocycles. The molecule has 0 rings (SSSR count). The van der Waals surface area contributed by atoms with Gasteiger partial charge in [-0.25, -0.2) is 4.79 Å². The van der Waals surface area contributed by atoms with E-state index in [2.05, 4.69) is 12.2 Å². The molecule has 6 N–H and O–H groups in total. The number of hydrogen-bond acceptors (Lipinski definition) is 8. The fraction of sp³-hybridized carbons (Fsp3) is 0.800. The molecule has 0 spiro atoms. The molecular formula is C30H52N2O10. The SMILES string of the molecule is CCCCCCCCCCCCCC(=O)C[C@@H](C)C(=O)N[C@H](CCC(=O)C[C@@H](COC[C@@H](N)C(=O)O)C(=O)O)C(=O)O. The van der Waals surface area contributed by atoms with E-state index in [1.54, 1.807) is 6.92 Å². The lowest BCUT2D eigenvalue weighted by atomic mass is 9.97. The van der Waals surface area contributed by atoms with Gasteiger partial charge < -0.3 is 31.1 Å². The lowest BCUT2D eigenvalue weighted by molar-refractivity contribution is -0.147. The van der Waals surface area contributed by atoms with Gasteiger partial charge in [-0.15, -0.1) is 0 Å². The fourth-order valence-electron chi connectivity index (χ4n) is 4.40. The molecule has 12 nitrogen and oxygen atoms in total. The normalized spacial score (nSPS) is 14.0. The number of carbonyl (C=O) groups is 6. The first-order valence-corrected chi connectivity index (χ1v) is 15.2. The number of hydrogen-bond donors (Lipinski definition) is 5. The molecule has 42 heavy (non-hydrogen) atoms. The molecule has 0 aromatic carbocycles. The standard InChI is InChI=1S/C30H52N2O10/c1-3-4-5-6-7-8-9-10-11-12-13-14-23(33)17-21(2)27(35)32-26(30(40)41)16-15-24(34)18-22(28(36)37)19-42-20-25(31)29(38)39/h21-22,25-26H,3-20,31H2,1-2H3,(H,32,35)(H,36,37)(H,38,39)(H,40,41)/t21-,22+,25-,26-/m1/s1. The van der Waals surface area contributed by atoms with E-state index in [4.69, 9.17) is 15.6 Å². The molecule has 242 valence electrons. The average Bonchev–Trinajstić information content (AvgIpc) is 2.92. The molecule has 0 aliphatic rings. The first kappa shape index (κ1) is 39.1. The lowest BCUT2D eigenvalue weighted by Crippen LogP contribution is -2.43. The van der Waals surface area contributed by atoms with E-state index >= 15 is 0 Å². The molecule has 1 amide bonds. The number of ether oxygens (including phenoxy) is 1. The van der Waals surface area contributed by atoms with Gasteiger partial charge in [0.15, 0.2) is 0 Å². The van der Waals surface area contributed by atoms with E-state index in [1.807, 2.05) is 0 Å². The smallest absolute Gasteiger partial charge is 0.326 e. The maximum absolute atomic E-state index is 12.5. The van der Waals surface area contributed by atoms with E-state index in [-0.39, 0.29) is 25.0 Å². The van der Waals surface area contributed by atoms with Crippen molar-refractivity contribution in [2.24, 2.45) is 17.6 Å². The van der Waals surface area contributed by atoms with E-state index < -0.39 is 73.2 Å². The van der Waals surface area contributed by atoms with Crippen LogP contribution in [0.15, 0.2) is 0 Å². The highest BCUT2D eigenvalue weighted by atomic mass is 16.5. The first-order valence-electron chi connectivity index (χ1n) is 15.2. The van der Waals surface area contributed by atoms with Gasteiger partial charge in [-0.2, -0.15) is 0 Å². The zero-order valence-corrected chi connectivity index (χ0v) is 25.3. The van der Waals surface area contributed by atoms with Gasteiger partial charge in [0.05, 0.1) is 19.1 Å². The topological polar surface area (TPSA) is 210 Å². The Morgan fingerprint density at radius 2 is 1.21 bits per heavy atom. The van der Waals surface area contributed by atoms with Crippen molar-refractivity contribution in [2.45, 2.75) is 129 Å². The molecule has 0 aliphatic carbocycles. The zero-order valence-electron chi connectivity index (χ0n) is 25.3. The van der Waals surface area contributed by atoms with Gasteiger partial charge in [0.1, 0.15) is 23.7 Å². The summed E-state index contributed by atoms with van der Waals surface area (Å²) in [5.41, 5.74) is 5.29. The van der Waals surface area contributed by atoms with Crippen LogP contribution in [0.4, 0.5) is 0 Å². The third kappa shape index (κ3) is 20.1. The predicted octanol–water partition coefficient (Wildman–Crippen LogP) is 3.72. The van der Waals surface area contributed by atoms with Crippen molar-refractivity contribution in [3.05, 3.63) is 0 Å². The predicted molar refractivity (Wildman–Crippen MR) is 156 cm³/mol. The molecule has 0 aliphatic heterocycles. The van der Waals surface area contributed by atoms with Gasteiger partial charge in [0, 0.05) is 31.6 Å². The Morgan fingerprint density at radius 3 is 1.71 bits per heavy atom. The molecule has 0 bridgehead atoms. The fourth-order valence-corrected chi connectivity index (χ4v) is 4.40. The van der Waals surface area contributed by atoms with Crippen LogP contribution in [0.2, 0.25) is 0 Å². The number of aliphatic carboxylic acids is 3. The summed E-state index contributed by atoms with van der Waals surface area (Å²) in [5.74, 6) is -7.20. The molecule has 0 radical (unpaired) electrons. The number of nitrogens with two attached hydrogens (primary N) is 1. The second-order valence-corrected chi connectivity index (χ2v) is 11.1. The van der Waals surface area contributed by atoms with Crippen molar-refractivity contribution >= 4 is 35.4 Å². The van der Waals surface area contributed by atoms with Crippen LogP contribution in [0.25, 0.3) is 0 Å². The molecule has 0 unspecified atom stereocenters. The summed E-state index contributed by atoms with van der Waals surface area (Å²) in [6, 6.07) is -2.71. The van der Waals surface area contributed by atoms with Crippen molar-refractivity contribution < 1.29 is 48.8 Å². The summed E-state index contributed by atoms with van der Waals surface area (Å²) in [7, 11) is 0. The third-order valence-electron chi connectivity index (χ3n) is 7.12. The van der Waals surface area contributed by atoms with Crippen LogP contribution in [-0.4, -0.2) is 76.0 Å². The number of ketones is 2. The first-order chi connectivity index (χ1) is 19.9. The van der Waals surface area contributed by atoms with Gasteiger partial charge in [-0.05, 0) is 12.8 Å². The largest absolute Gasteiger partial charge is 0.481 e. The Balaban J connectivity index is 4.36. The second-order valence-electron chi connectivity index (χ2n) is 11.1. The van der Waals surface area contributed by atoms with E-state index in [1.165, 1.54) is 44.9 Å². The number of carboxylic acids is 3. The molecule has 0 aromatic heterocycles. The molecule has 0 heterocycles. The van der Waals surface area contributed by atoms with Crippen LogP contribution in [0.3, 0.4) is 0 Å². The van der Waals surface area contributed by atoms with E-state index in [9.17, 15) is 39.0 Å². The molecule has 4 atom stereocenters. The Kier molecular flexibility index (Phi) is 22.1. The van der Waals surface area contributed by atoms with Crippen molar-refractivity contribution in [2.75, 3.05) is 13.2 Å². The van der Waals surface area contributed by atoms with Crippen LogP contribution >= 0.6 is 0 Å². The van der Waals surface area contributed by atoms with E-state index in [0.29, 0.717) is 6.42 Å². The number of nitrogens with one attached hydrogen (secondary N) is 1. The maximum Gasteiger partial charge on any atom is 0.326 e. The minimum atomic E-state index is -1.38. The molecule has 0 fully saturated rings. The van der Waals surface area contributed by atoms with Crippen molar-refractivity contribution in [1.82, 2.24) is 5.32 Å². The second kappa shape index (κ2) is 23.7. The average molecular weight is 601 g/mol. The van der Waals surface area contributed by atoms with Crippen LogP contribution < -0.4 is 11.1 Å². The minimum absolute atomic E-state index is 0.000685. The highest BCUT2D eigenvalue weighted by Crippen LogP contribution is 2.15. The number of Topliss-reactive ketones (excluding diaryl/α,β-unsaturated/α-hetero) is 2. The van der Waals surface area contributed by atoms with Crippen LogP contribution in [0.1, 0.15) is 117 Å². The molecular weight excluding hydrogens is 548 g/mol. The quantitative estimate of drug-likeness (QED) is 0.0817.